The third-order valence-corrected chi connectivity index (χ3v) is 1.19. The second kappa shape index (κ2) is 2.21. The van der Waals surface area contributed by atoms with Gasteiger partial charge in [0.1, 0.15) is 12.3 Å². The van der Waals surface area contributed by atoms with Crippen LogP contribution in [0.5, 0.6) is 0 Å². The molecule has 0 amide bonds. The molecule has 3 nitrogen and oxygen atoms in total. The molecule has 49 valence electrons. The summed E-state index contributed by atoms with van der Waals surface area (Å²) >= 11 is 0. The first-order valence-electron chi connectivity index (χ1n) is 2.76. The van der Waals surface area contributed by atoms with Gasteiger partial charge in [-0.15, -0.1) is 0 Å². The highest BCUT2D eigenvalue weighted by Gasteiger charge is 2.19. The lowest BCUT2D eigenvalue weighted by molar-refractivity contribution is 0.134. The highest BCUT2D eigenvalue weighted by molar-refractivity contribution is 5.17. The van der Waals surface area contributed by atoms with Crippen LogP contribution >= 0.6 is 0 Å². The largest absolute Gasteiger partial charge is 0.368 e. The standard InChI is InChI=1S/C6H9N2O/c7-6(5-9)3-1-2-4-8-6/h1-4,8H,5,7H2. The normalized spacial score (nSPS) is 32.2. The van der Waals surface area contributed by atoms with Crippen molar-refractivity contribution in [3.63, 3.8) is 0 Å². The number of nitrogens with two attached hydrogens (primary N) is 1. The minimum absolute atomic E-state index is 0.339. The van der Waals surface area contributed by atoms with E-state index in [1.165, 1.54) is 0 Å². The third kappa shape index (κ3) is 1.31. The molecule has 0 saturated carbocycles. The van der Waals surface area contributed by atoms with Gasteiger partial charge in [0.2, 0.25) is 0 Å². The number of allylic oxidation sites excluding steroid dienone is 2. The van der Waals surface area contributed by atoms with Gasteiger partial charge in [-0.3, -0.25) is 0 Å². The Labute approximate surface area is 53.9 Å². The minimum Gasteiger partial charge on any atom is -0.368 e. The Morgan fingerprint density at radius 3 is 2.67 bits per heavy atom. The first-order valence-corrected chi connectivity index (χ1v) is 2.76. The molecule has 3 heteroatoms. The zero-order valence-electron chi connectivity index (χ0n) is 5.00. The number of nitrogens with one attached hydrogen (secondary N) is 1. The molecule has 1 aliphatic heterocycles. The molecule has 1 unspecified atom stereocenters. The van der Waals surface area contributed by atoms with Gasteiger partial charge in [0.05, 0.1) is 0 Å². The Kier molecular flexibility index (Phi) is 1.55. The zero-order valence-corrected chi connectivity index (χ0v) is 5.00. The summed E-state index contributed by atoms with van der Waals surface area (Å²) in [6.45, 7) is -0.339. The van der Waals surface area contributed by atoms with Crippen molar-refractivity contribution in [2.75, 3.05) is 6.61 Å². The summed E-state index contributed by atoms with van der Waals surface area (Å²) in [7, 11) is 0. The van der Waals surface area contributed by atoms with Crippen molar-refractivity contribution in [1.82, 2.24) is 5.32 Å². The molecule has 0 spiro atoms. The smallest absolute Gasteiger partial charge is 0.132 e. The summed E-state index contributed by atoms with van der Waals surface area (Å²) in [5, 5.41) is 13.1. The van der Waals surface area contributed by atoms with E-state index in [1.807, 2.05) is 0 Å². The number of hydrogen-bond donors (Lipinski definition) is 2. The highest BCUT2D eigenvalue weighted by atomic mass is 16.3. The van der Waals surface area contributed by atoms with Crippen LogP contribution < -0.4 is 11.1 Å². The van der Waals surface area contributed by atoms with E-state index in [2.05, 4.69) is 5.32 Å². The molecule has 3 N–H and O–H groups in total. The summed E-state index contributed by atoms with van der Waals surface area (Å²) in [5.41, 5.74) is 4.64. The zero-order chi connectivity index (χ0) is 6.74. The topological polar surface area (TPSA) is 58.0 Å². The van der Waals surface area contributed by atoms with Gasteiger partial charge in [-0.05, 0) is 18.4 Å². The van der Waals surface area contributed by atoms with Crippen LogP contribution in [0.4, 0.5) is 0 Å². The first kappa shape index (κ1) is 6.32. The molecule has 0 fully saturated rings. The van der Waals surface area contributed by atoms with Crippen LogP contribution in [0.25, 0.3) is 0 Å². The lowest BCUT2D eigenvalue weighted by Crippen LogP contribution is -2.53. The van der Waals surface area contributed by atoms with Gasteiger partial charge in [-0.25, -0.2) is 5.11 Å². The van der Waals surface area contributed by atoms with Gasteiger partial charge in [0.25, 0.3) is 0 Å². The van der Waals surface area contributed by atoms with Gasteiger partial charge in [0.15, 0.2) is 0 Å². The van der Waals surface area contributed by atoms with Crippen LogP contribution in [-0.2, 0) is 5.11 Å². The Morgan fingerprint density at radius 1 is 1.56 bits per heavy atom. The van der Waals surface area contributed by atoms with E-state index in [1.54, 1.807) is 24.4 Å². The Hall–Kier alpha value is -0.800. The molecule has 1 aliphatic rings. The predicted octanol–water partition coefficient (Wildman–Crippen LogP) is -0.255. The number of dihydropyridines is 1. The van der Waals surface area contributed by atoms with E-state index in [4.69, 9.17) is 5.73 Å². The van der Waals surface area contributed by atoms with E-state index < -0.39 is 5.66 Å². The first-order chi connectivity index (χ1) is 4.27. The van der Waals surface area contributed by atoms with E-state index >= 15 is 0 Å². The van der Waals surface area contributed by atoms with Crippen molar-refractivity contribution in [2.45, 2.75) is 5.66 Å². The molecule has 1 rings (SSSR count). The molecule has 9 heavy (non-hydrogen) atoms. The lowest BCUT2D eigenvalue weighted by Gasteiger charge is -2.24. The molecule has 1 heterocycles. The molecule has 0 aromatic heterocycles. The summed E-state index contributed by atoms with van der Waals surface area (Å²) in [5.74, 6) is 0. The molecule has 0 aliphatic carbocycles. The Balaban J connectivity index is 2.63. The third-order valence-electron chi connectivity index (χ3n) is 1.19. The fraction of sp³-hybridized carbons (Fsp3) is 0.333. The number of hydrogen-bond acceptors (Lipinski definition) is 2. The van der Waals surface area contributed by atoms with Gasteiger partial charge in [0, 0.05) is 0 Å². The summed E-state index contributed by atoms with van der Waals surface area (Å²) in [6.07, 6.45) is 6.87. The average Bonchev–Trinajstić information content (AvgIpc) is 1.90. The lowest BCUT2D eigenvalue weighted by atomic mass is 10.1. The number of rotatable bonds is 1. The van der Waals surface area contributed by atoms with Crippen LogP contribution in [0.15, 0.2) is 24.4 Å². The molecule has 0 aromatic rings. The van der Waals surface area contributed by atoms with Crippen molar-refractivity contribution < 1.29 is 5.11 Å². The summed E-state index contributed by atoms with van der Waals surface area (Å²) in [6, 6.07) is 0. The van der Waals surface area contributed by atoms with Crippen molar-refractivity contribution in [2.24, 2.45) is 5.73 Å². The van der Waals surface area contributed by atoms with Crippen LogP contribution in [0.1, 0.15) is 0 Å². The highest BCUT2D eigenvalue weighted by Crippen LogP contribution is 2.01. The predicted molar refractivity (Wildman–Crippen MR) is 33.9 cm³/mol. The molecule has 1 atom stereocenters. The molecule has 0 aromatic carbocycles. The van der Waals surface area contributed by atoms with Crippen molar-refractivity contribution in [3.05, 3.63) is 24.4 Å². The Bertz CT molecular complexity index is 153. The maximum atomic E-state index is 10.3. The van der Waals surface area contributed by atoms with Crippen LogP contribution in [0.3, 0.4) is 0 Å². The van der Waals surface area contributed by atoms with Crippen LogP contribution in [0.2, 0.25) is 0 Å². The average molecular weight is 125 g/mol. The maximum absolute atomic E-state index is 10.3. The molecular formula is C6H9N2O. The maximum Gasteiger partial charge on any atom is 0.132 e. The SMILES string of the molecule is NC1(C[O])C=CC=CN1. The second-order valence-corrected chi connectivity index (χ2v) is 2.05. The summed E-state index contributed by atoms with van der Waals surface area (Å²) < 4.78 is 0. The fourth-order valence-corrected chi connectivity index (χ4v) is 0.624. The van der Waals surface area contributed by atoms with Crippen molar-refractivity contribution in [3.8, 4) is 0 Å². The summed E-state index contributed by atoms with van der Waals surface area (Å²) in [4.78, 5) is 0. The monoisotopic (exact) mass is 125 g/mol. The van der Waals surface area contributed by atoms with Crippen molar-refractivity contribution >= 4 is 0 Å². The quantitative estimate of drug-likeness (QED) is 0.507. The minimum atomic E-state index is -0.852. The van der Waals surface area contributed by atoms with Crippen LogP contribution in [-0.4, -0.2) is 12.3 Å². The van der Waals surface area contributed by atoms with E-state index in [0.717, 1.165) is 0 Å². The molecule has 0 bridgehead atoms. The Morgan fingerprint density at radius 2 is 2.33 bits per heavy atom. The van der Waals surface area contributed by atoms with E-state index in [9.17, 15) is 5.11 Å². The molecule has 0 saturated heterocycles. The molecular weight excluding hydrogens is 116 g/mol. The van der Waals surface area contributed by atoms with Gasteiger partial charge >= 0.3 is 0 Å². The van der Waals surface area contributed by atoms with E-state index in [-0.39, 0.29) is 6.61 Å². The van der Waals surface area contributed by atoms with Crippen LogP contribution in [0, 0.1) is 0 Å². The fourth-order valence-electron chi connectivity index (χ4n) is 0.624. The molecule has 1 radical (unpaired) electrons. The van der Waals surface area contributed by atoms with E-state index in [0.29, 0.717) is 0 Å². The van der Waals surface area contributed by atoms with Crippen molar-refractivity contribution in [1.29, 1.82) is 0 Å². The second-order valence-electron chi connectivity index (χ2n) is 2.05. The van der Waals surface area contributed by atoms with Gasteiger partial charge in [-0.2, -0.15) is 0 Å². The van der Waals surface area contributed by atoms with Gasteiger partial charge < -0.3 is 11.1 Å². The van der Waals surface area contributed by atoms with Gasteiger partial charge in [-0.1, -0.05) is 6.08 Å².